The molecule has 2 rings (SSSR count). The quantitative estimate of drug-likeness (QED) is 0.239. The molecule has 0 aliphatic rings. The van der Waals surface area contributed by atoms with Crippen LogP contribution in [0.2, 0.25) is 0 Å². The van der Waals surface area contributed by atoms with Crippen molar-refractivity contribution in [2.24, 2.45) is 0 Å². The Hall–Kier alpha value is -2.11. The van der Waals surface area contributed by atoms with Crippen LogP contribution in [-0.4, -0.2) is 19.2 Å². The van der Waals surface area contributed by atoms with Gasteiger partial charge in [0.1, 0.15) is 0 Å². The molecule has 0 saturated carbocycles. The van der Waals surface area contributed by atoms with Gasteiger partial charge in [-0.05, 0) is 30.2 Å². The van der Waals surface area contributed by atoms with Crippen molar-refractivity contribution in [3.8, 4) is 0 Å². The maximum atomic E-state index is 11.2. The van der Waals surface area contributed by atoms with E-state index in [-0.39, 0.29) is 6.73 Å². The summed E-state index contributed by atoms with van der Waals surface area (Å²) in [4.78, 5) is 14.8. The van der Waals surface area contributed by atoms with E-state index >= 15 is 0 Å². The Bertz CT molecular complexity index is 755. The van der Waals surface area contributed by atoms with Crippen molar-refractivity contribution in [1.29, 1.82) is 0 Å². The van der Waals surface area contributed by atoms with E-state index in [1.807, 2.05) is 66.4 Å². The zero-order chi connectivity index (χ0) is 18.2. The molecule has 0 unspecified atom stereocenters. The molecule has 3 nitrogen and oxygen atoms in total. The van der Waals surface area contributed by atoms with Gasteiger partial charge in [-0.15, -0.1) is 25.3 Å². The van der Waals surface area contributed by atoms with Crippen molar-refractivity contribution in [1.82, 2.24) is 0 Å². The molecule has 2 aromatic rings. The van der Waals surface area contributed by atoms with E-state index in [1.54, 1.807) is 0 Å². The van der Waals surface area contributed by atoms with Gasteiger partial charge in [-0.2, -0.15) is 0 Å². The molecule has 0 heterocycles. The number of ether oxygens (including phenoxy) is 1. The van der Waals surface area contributed by atoms with Gasteiger partial charge in [-0.1, -0.05) is 49.0 Å². The molecule has 0 N–H and O–H groups in total. The molecular formula is C20H21NO2S2. The Morgan fingerprint density at radius 1 is 1.04 bits per heavy atom. The fourth-order valence-electron chi connectivity index (χ4n) is 2.25. The van der Waals surface area contributed by atoms with E-state index in [0.29, 0.717) is 0 Å². The Morgan fingerprint density at radius 3 is 2.12 bits per heavy atom. The normalized spacial score (nSPS) is 11.5. The number of thiol groups is 2. The van der Waals surface area contributed by atoms with Gasteiger partial charge in [-0.25, -0.2) is 4.79 Å². The van der Waals surface area contributed by atoms with Crippen molar-refractivity contribution in [3.63, 3.8) is 0 Å². The summed E-state index contributed by atoms with van der Waals surface area (Å²) >= 11 is 9.23. The molecule has 2 aromatic carbocycles. The number of hydrogen-bond acceptors (Lipinski definition) is 5. The van der Waals surface area contributed by atoms with Gasteiger partial charge in [0.15, 0.2) is 6.73 Å². The minimum Gasteiger partial charge on any atom is -0.441 e. The van der Waals surface area contributed by atoms with Crippen LogP contribution in [0.25, 0.3) is 9.81 Å². The Morgan fingerprint density at radius 2 is 1.60 bits per heavy atom. The summed E-state index contributed by atoms with van der Waals surface area (Å²) in [5.41, 5.74) is 2.95. The van der Waals surface area contributed by atoms with Gasteiger partial charge in [0, 0.05) is 28.1 Å². The molecule has 0 amide bonds. The second-order valence-electron chi connectivity index (χ2n) is 5.26. The summed E-state index contributed by atoms with van der Waals surface area (Å²) < 4.78 is 5.10. The first kappa shape index (κ1) is 19.2. The minimum absolute atomic E-state index is 0.187. The first-order chi connectivity index (χ1) is 12.1. The first-order valence-corrected chi connectivity index (χ1v) is 8.78. The van der Waals surface area contributed by atoms with Crippen LogP contribution in [0, 0.1) is 0 Å². The van der Waals surface area contributed by atoms with Gasteiger partial charge < -0.3 is 9.64 Å². The zero-order valence-electron chi connectivity index (χ0n) is 14.1. The molecule has 0 spiro atoms. The van der Waals surface area contributed by atoms with Crippen LogP contribution in [0.15, 0.2) is 67.3 Å². The number of nitrogens with zero attached hydrogens (tertiary/aromatic N) is 1. The highest BCUT2D eigenvalue weighted by molar-refractivity contribution is 7.96. The van der Waals surface area contributed by atoms with Crippen molar-refractivity contribution >= 4 is 46.7 Å². The van der Waals surface area contributed by atoms with Crippen LogP contribution >= 0.6 is 25.3 Å². The molecule has 25 heavy (non-hydrogen) atoms. The second kappa shape index (κ2) is 9.39. The van der Waals surface area contributed by atoms with Gasteiger partial charge in [0.25, 0.3) is 0 Å². The van der Waals surface area contributed by atoms with Crippen molar-refractivity contribution in [2.75, 3.05) is 18.2 Å². The third-order valence-electron chi connectivity index (χ3n) is 3.69. The minimum atomic E-state index is -0.432. The lowest BCUT2D eigenvalue weighted by molar-refractivity contribution is -0.137. The highest BCUT2D eigenvalue weighted by Gasteiger charge is 2.09. The summed E-state index contributed by atoms with van der Waals surface area (Å²) in [6.07, 6.45) is 1.16. The average Bonchev–Trinajstić information content (AvgIpc) is 2.68. The molecule has 5 heteroatoms. The predicted molar refractivity (Wildman–Crippen MR) is 112 cm³/mol. The molecule has 0 aromatic heterocycles. The molecule has 0 saturated heterocycles. The van der Waals surface area contributed by atoms with Crippen LogP contribution in [0.4, 0.5) is 5.69 Å². The standard InChI is InChI=1S/C20H21NO2S2/c1-3-18(22)23-14-21(4-2)17-12-10-16(11-13-17)20(25)19(24)15-8-6-5-7-9-15/h3,5-13,24-25H,1,4,14H2,2H3. The Kier molecular flexibility index (Phi) is 7.22. The topological polar surface area (TPSA) is 29.5 Å². The number of hydrogen-bond donors (Lipinski definition) is 2. The van der Waals surface area contributed by atoms with Crippen molar-refractivity contribution in [3.05, 3.63) is 78.4 Å². The predicted octanol–water partition coefficient (Wildman–Crippen LogP) is 4.89. The molecule has 130 valence electrons. The third kappa shape index (κ3) is 5.18. The molecule has 0 atom stereocenters. The Labute approximate surface area is 159 Å². The number of anilines is 1. The lowest BCUT2D eigenvalue weighted by Gasteiger charge is -2.22. The highest BCUT2D eigenvalue weighted by atomic mass is 32.1. The number of carbonyl (C=O) groups excluding carboxylic acids is 1. The second-order valence-corrected chi connectivity index (χ2v) is 6.16. The average molecular weight is 372 g/mol. The number of esters is 1. The highest BCUT2D eigenvalue weighted by Crippen LogP contribution is 2.32. The van der Waals surface area contributed by atoms with Gasteiger partial charge in [0.05, 0.1) is 0 Å². The van der Waals surface area contributed by atoms with E-state index in [4.69, 9.17) is 4.74 Å². The van der Waals surface area contributed by atoms with Crippen LogP contribution in [-0.2, 0) is 9.53 Å². The number of benzene rings is 2. The summed E-state index contributed by atoms with van der Waals surface area (Å²) in [5.74, 6) is -0.432. The molecule has 0 bridgehead atoms. The zero-order valence-corrected chi connectivity index (χ0v) is 15.8. The maximum Gasteiger partial charge on any atom is 0.331 e. The maximum absolute atomic E-state index is 11.2. The van der Waals surface area contributed by atoms with E-state index in [0.717, 1.165) is 39.2 Å². The van der Waals surface area contributed by atoms with Crippen LogP contribution in [0.3, 0.4) is 0 Å². The van der Waals surface area contributed by atoms with Gasteiger partial charge in [-0.3, -0.25) is 0 Å². The van der Waals surface area contributed by atoms with Crippen LogP contribution in [0.1, 0.15) is 18.1 Å². The summed E-state index contributed by atoms with van der Waals surface area (Å²) in [7, 11) is 0. The SMILES string of the molecule is C=CC(=O)OCN(CC)c1ccc(C(S)=C(S)c2ccccc2)cc1. The van der Waals surface area contributed by atoms with E-state index in [1.165, 1.54) is 0 Å². The fourth-order valence-corrected chi connectivity index (χ4v) is 2.80. The van der Waals surface area contributed by atoms with E-state index in [9.17, 15) is 4.79 Å². The first-order valence-electron chi connectivity index (χ1n) is 7.89. The number of carbonyl (C=O) groups is 1. The number of rotatable bonds is 7. The molecule has 0 aliphatic heterocycles. The summed E-state index contributed by atoms with van der Waals surface area (Å²) in [5, 5.41) is 0. The monoisotopic (exact) mass is 371 g/mol. The largest absolute Gasteiger partial charge is 0.441 e. The summed E-state index contributed by atoms with van der Waals surface area (Å²) in [6.45, 7) is 6.30. The van der Waals surface area contributed by atoms with Crippen molar-refractivity contribution in [2.45, 2.75) is 6.92 Å². The summed E-state index contributed by atoms with van der Waals surface area (Å²) in [6, 6.07) is 17.8. The molecular weight excluding hydrogens is 350 g/mol. The smallest absolute Gasteiger partial charge is 0.331 e. The lowest BCUT2D eigenvalue weighted by atomic mass is 10.1. The van der Waals surface area contributed by atoms with Crippen LogP contribution < -0.4 is 4.90 Å². The fraction of sp³-hybridized carbons (Fsp3) is 0.150. The van der Waals surface area contributed by atoms with Gasteiger partial charge in [0.2, 0.25) is 0 Å². The molecule has 0 aliphatic carbocycles. The van der Waals surface area contributed by atoms with Gasteiger partial charge >= 0.3 is 5.97 Å². The molecule has 0 radical (unpaired) electrons. The van der Waals surface area contributed by atoms with Crippen molar-refractivity contribution < 1.29 is 9.53 Å². The Balaban J connectivity index is 2.18. The van der Waals surface area contributed by atoms with E-state index < -0.39 is 5.97 Å². The lowest BCUT2D eigenvalue weighted by Crippen LogP contribution is -2.27. The third-order valence-corrected chi connectivity index (χ3v) is 4.83. The van der Waals surface area contributed by atoms with Crippen LogP contribution in [0.5, 0.6) is 0 Å². The molecule has 0 fully saturated rings. The van der Waals surface area contributed by atoms with E-state index in [2.05, 4.69) is 31.8 Å².